The molecule has 80 heavy (non-hydrogen) atoms. The van der Waals surface area contributed by atoms with Crippen LogP contribution < -0.4 is 0 Å². The summed E-state index contributed by atoms with van der Waals surface area (Å²) in [4.78, 5) is 0. The molecule has 6 aromatic rings. The van der Waals surface area contributed by atoms with Crippen molar-refractivity contribution in [2.24, 2.45) is 94.7 Å². The standard InChI is InChI=1S/2C36H41.C3H7.CH3.2ClH.Si.Zr/c2*1-2-29-12-24(17-34-30-13-22-8-23(15-30)16-31(34)14-22)18-35(29)33(3-1)28-4-6-32(7-5-28)36-19-25-9-26(20-36)11-27(10-25)21-36;1-3-2;;;;;/h2*1-7,12,18,22-23,25-27,30-31,34H,8-11,13-17,19-21H2;1,3H2,2H3;1H3;2*1H;;/q4*-1;;;;. The molecule has 424 valence electrons. The van der Waals surface area contributed by atoms with E-state index < -0.39 is 0 Å². The van der Waals surface area contributed by atoms with Crippen molar-refractivity contribution in [3.05, 3.63) is 146 Å². The molecule has 0 nitrogen and oxygen atoms in total. The molecular weight excluding hydrogens is 1100 g/mol. The van der Waals surface area contributed by atoms with Gasteiger partial charge in [0.2, 0.25) is 0 Å². The predicted molar refractivity (Wildman–Crippen MR) is 340 cm³/mol. The number of hydrogen-bond acceptors (Lipinski definition) is 0. The summed E-state index contributed by atoms with van der Waals surface area (Å²) in [6.45, 7) is 8.56. The second-order valence-electron chi connectivity index (χ2n) is 30.0. The number of fused-ring (bicyclic) bond motifs is 2. The second-order valence-corrected chi connectivity index (χ2v) is 30.0. The van der Waals surface area contributed by atoms with Gasteiger partial charge in [-0.25, -0.2) is 0 Å². The predicted octanol–water partition coefficient (Wildman–Crippen LogP) is 20.8. The SMILES string of the molecule is Cl.Cl.[CH2-]CC.[CH3-].[Si]=[Zr].c1cc(-c2ccc(C34CC5CC(CC(C5)C3)C4)cc2)c2cc(CC3C4CC5CC(C4)CC3C5)[cH-]c2c1.c1cc(-c2ccc(C34CC5CC(CC(C5)C3)C4)cc2)c2cc(CC3C4CC5CC(C4)CC3C5)[cH-]c2c1. The first-order valence-electron chi connectivity index (χ1n) is 32.4. The Kier molecular flexibility index (Phi) is 17.1. The molecule has 0 saturated heterocycles. The van der Waals surface area contributed by atoms with Crippen LogP contribution in [0.2, 0.25) is 0 Å². The molecule has 16 aliphatic rings. The van der Waals surface area contributed by atoms with Gasteiger partial charge in [-0.15, -0.1) is 93.9 Å². The van der Waals surface area contributed by atoms with Crippen molar-refractivity contribution in [3.63, 3.8) is 0 Å². The zero-order valence-electron chi connectivity index (χ0n) is 48.8. The van der Waals surface area contributed by atoms with Gasteiger partial charge in [0, 0.05) is 0 Å². The van der Waals surface area contributed by atoms with Gasteiger partial charge in [0.1, 0.15) is 0 Å². The van der Waals surface area contributed by atoms with Crippen LogP contribution in [-0.4, -0.2) is 6.88 Å². The average Bonchev–Trinajstić information content (AvgIpc) is 4.09. The summed E-state index contributed by atoms with van der Waals surface area (Å²) >= 11 is 1.36. The molecule has 0 heterocycles. The molecule has 22 rings (SSSR count). The van der Waals surface area contributed by atoms with E-state index in [0.29, 0.717) is 10.8 Å². The minimum Gasteiger partial charge on any atom is -0.164 e. The summed E-state index contributed by atoms with van der Waals surface area (Å²) in [6, 6.07) is 44.2. The largest absolute Gasteiger partial charge is 0.164 e. The second kappa shape index (κ2) is 23.6. The summed E-state index contributed by atoms with van der Waals surface area (Å²) < 4.78 is 0. The summed E-state index contributed by atoms with van der Waals surface area (Å²) in [6.07, 6.45) is 37.1. The van der Waals surface area contributed by atoms with Gasteiger partial charge in [0.25, 0.3) is 0 Å². The minimum atomic E-state index is 0. The smallest absolute Gasteiger partial charge is 0.00391 e. The van der Waals surface area contributed by atoms with Gasteiger partial charge < -0.3 is 14.4 Å². The first kappa shape index (κ1) is 58.2. The van der Waals surface area contributed by atoms with E-state index in [9.17, 15) is 0 Å². The van der Waals surface area contributed by atoms with Crippen LogP contribution in [0.5, 0.6) is 0 Å². The molecule has 2 radical (unpaired) electrons. The van der Waals surface area contributed by atoms with Gasteiger partial charge in [0.05, 0.1) is 0 Å². The Balaban J connectivity index is 0.000000143. The molecule has 16 aliphatic carbocycles. The van der Waals surface area contributed by atoms with Crippen LogP contribution in [0.25, 0.3) is 43.8 Å². The van der Waals surface area contributed by atoms with Gasteiger partial charge >= 0.3 is 30.2 Å². The van der Waals surface area contributed by atoms with E-state index >= 15 is 0 Å². The van der Waals surface area contributed by atoms with Crippen molar-refractivity contribution >= 4 is 53.2 Å². The van der Waals surface area contributed by atoms with Crippen molar-refractivity contribution in [2.45, 2.75) is 178 Å². The van der Waals surface area contributed by atoms with Crippen molar-refractivity contribution in [3.8, 4) is 22.3 Å². The zero-order valence-corrected chi connectivity index (χ0v) is 53.9. The van der Waals surface area contributed by atoms with Gasteiger partial charge in [-0.05, 0) is 282 Å². The van der Waals surface area contributed by atoms with Crippen LogP contribution in [0, 0.1) is 109 Å². The van der Waals surface area contributed by atoms with Crippen molar-refractivity contribution in [1.82, 2.24) is 0 Å². The van der Waals surface area contributed by atoms with Crippen molar-refractivity contribution < 1.29 is 23.3 Å². The molecule has 0 unspecified atom stereocenters. The summed E-state index contributed by atoms with van der Waals surface area (Å²) in [5.74, 6) is 16.4. The van der Waals surface area contributed by atoms with E-state index in [1.165, 1.54) is 157 Å². The Hall–Kier alpha value is -2.22. The van der Waals surface area contributed by atoms with E-state index in [0.717, 1.165) is 101 Å². The van der Waals surface area contributed by atoms with Gasteiger partial charge in [-0.2, -0.15) is 18.6 Å². The van der Waals surface area contributed by atoms with Gasteiger partial charge in [-0.3, -0.25) is 0 Å². The van der Waals surface area contributed by atoms with Crippen LogP contribution >= 0.6 is 24.8 Å². The number of hydrogen-bond donors (Lipinski definition) is 0. The Morgan fingerprint density at radius 3 is 0.988 bits per heavy atom. The monoisotopic (exact) mass is 1190 g/mol. The van der Waals surface area contributed by atoms with Crippen LogP contribution in [-0.2, 0) is 47.0 Å². The Morgan fingerprint density at radius 1 is 0.425 bits per heavy atom. The number of rotatable bonds is 8. The van der Waals surface area contributed by atoms with Gasteiger partial charge in [0.15, 0.2) is 0 Å². The fraction of sp³-hybridized carbons (Fsp3) is 0.579. The fourth-order valence-electron chi connectivity index (χ4n) is 23.6. The van der Waals surface area contributed by atoms with Crippen LogP contribution in [0.3, 0.4) is 0 Å². The zero-order chi connectivity index (χ0) is 51.6. The fourth-order valence-corrected chi connectivity index (χ4v) is 23.6. The third-order valence-electron chi connectivity index (χ3n) is 25.1. The Labute approximate surface area is 513 Å². The van der Waals surface area contributed by atoms with Crippen molar-refractivity contribution in [1.29, 1.82) is 0 Å². The van der Waals surface area contributed by atoms with Crippen molar-refractivity contribution in [2.75, 3.05) is 0 Å². The number of halogens is 2. The number of benzene rings is 4. The molecule has 4 heteroatoms. The maximum Gasteiger partial charge on any atom is -0.00391 e. The first-order chi connectivity index (χ1) is 37.8. The maximum atomic E-state index is 3.49. The van der Waals surface area contributed by atoms with E-state index in [-0.39, 0.29) is 32.2 Å². The van der Waals surface area contributed by atoms with E-state index in [1.807, 2.05) is 6.92 Å². The first-order valence-corrected chi connectivity index (χ1v) is 36.6. The van der Waals surface area contributed by atoms with E-state index in [4.69, 9.17) is 0 Å². The molecule has 0 aromatic heterocycles. The Morgan fingerprint density at radius 2 is 0.700 bits per heavy atom. The normalized spacial score (nSPS) is 38.1. The van der Waals surface area contributed by atoms with E-state index in [1.54, 1.807) is 86.5 Å². The molecule has 0 aliphatic heterocycles. The van der Waals surface area contributed by atoms with Gasteiger partial charge in [-0.1, -0.05) is 78.7 Å². The third kappa shape index (κ3) is 10.6. The summed E-state index contributed by atoms with van der Waals surface area (Å²) in [7, 11) is 0. The molecule has 0 atom stereocenters. The minimum absolute atomic E-state index is 0. The maximum absolute atomic E-state index is 3.49. The summed E-state index contributed by atoms with van der Waals surface area (Å²) in [5.41, 5.74) is 13.3. The van der Waals surface area contributed by atoms with Crippen LogP contribution in [0.4, 0.5) is 0 Å². The molecule has 6 aromatic carbocycles. The third-order valence-corrected chi connectivity index (χ3v) is 25.1. The molecule has 16 fully saturated rings. The summed E-state index contributed by atoms with van der Waals surface area (Å²) in [5, 5.41) is 5.88. The molecule has 0 spiro atoms. The molecule has 16 bridgehead atoms. The quantitative estimate of drug-likeness (QED) is 0.105. The van der Waals surface area contributed by atoms with Crippen LogP contribution in [0.15, 0.2) is 109 Å². The Bertz CT molecular complexity index is 2750. The average molecular weight is 1200 g/mol. The molecule has 0 N–H and O–H groups in total. The topological polar surface area (TPSA) is 0 Å². The molecule has 0 amide bonds. The van der Waals surface area contributed by atoms with Crippen LogP contribution in [0.1, 0.15) is 177 Å². The molecular formula is C76H94Cl2SiZr-4. The van der Waals surface area contributed by atoms with E-state index in [2.05, 4.69) is 123 Å². The molecule has 16 saturated carbocycles.